The molecule has 0 spiro atoms. The number of amides is 2. The summed E-state index contributed by atoms with van der Waals surface area (Å²) in [4.78, 5) is 40.0. The van der Waals surface area contributed by atoms with Crippen LogP contribution in [0.25, 0.3) is 0 Å². The Morgan fingerprint density at radius 3 is 2.34 bits per heavy atom. The number of hydrogen-bond acceptors (Lipinski definition) is 6. The van der Waals surface area contributed by atoms with E-state index < -0.39 is 17.9 Å². The molecule has 1 N–H and O–H groups in total. The molecule has 0 unspecified atom stereocenters. The van der Waals surface area contributed by atoms with E-state index >= 15 is 0 Å². The highest BCUT2D eigenvalue weighted by Crippen LogP contribution is 2.16. The molecule has 1 aliphatic rings. The molecular weight excluding hydrogens is 482 g/mol. The number of carbonyl (C=O) groups is 3. The zero-order valence-electron chi connectivity index (χ0n) is 21.0. The Kier molecular flexibility index (Phi) is 9.08. The van der Waals surface area contributed by atoms with E-state index in [0.29, 0.717) is 22.4 Å². The highest BCUT2D eigenvalue weighted by molar-refractivity contribution is 5.98. The maximum absolute atomic E-state index is 13.0. The SMILES string of the molecule is N#Cc1cccc(OC[C@@H](CC(=O)OCc2ccccc2)NC(=O)c2ccc(C(=O)N3CCCC3)cc2)c1. The van der Waals surface area contributed by atoms with Crippen LogP contribution in [0.15, 0.2) is 78.9 Å². The molecule has 0 aromatic heterocycles. The molecule has 3 aromatic carbocycles. The third-order valence-corrected chi connectivity index (χ3v) is 6.19. The molecular formula is C30H29N3O5. The molecule has 1 atom stereocenters. The average molecular weight is 512 g/mol. The summed E-state index contributed by atoms with van der Waals surface area (Å²) < 4.78 is 11.2. The number of nitrogens with zero attached hydrogens (tertiary/aromatic N) is 2. The van der Waals surface area contributed by atoms with Gasteiger partial charge in [-0.2, -0.15) is 5.26 Å². The normalized spacial score (nSPS) is 13.3. The number of benzene rings is 3. The molecule has 0 bridgehead atoms. The summed E-state index contributed by atoms with van der Waals surface area (Å²) in [6, 6.07) is 23.8. The number of likely N-dealkylation sites (tertiary alicyclic amines) is 1. The van der Waals surface area contributed by atoms with Gasteiger partial charge in [0.25, 0.3) is 11.8 Å². The molecule has 1 saturated heterocycles. The van der Waals surface area contributed by atoms with Crippen LogP contribution in [0.1, 0.15) is 51.1 Å². The van der Waals surface area contributed by atoms with Crippen molar-refractivity contribution in [2.45, 2.75) is 31.9 Å². The highest BCUT2D eigenvalue weighted by atomic mass is 16.5. The molecule has 194 valence electrons. The van der Waals surface area contributed by atoms with Crippen LogP contribution in [0, 0.1) is 11.3 Å². The summed E-state index contributed by atoms with van der Waals surface area (Å²) in [7, 11) is 0. The minimum Gasteiger partial charge on any atom is -0.491 e. The Labute approximate surface area is 221 Å². The van der Waals surface area contributed by atoms with Crippen molar-refractivity contribution < 1.29 is 23.9 Å². The largest absolute Gasteiger partial charge is 0.491 e. The lowest BCUT2D eigenvalue weighted by molar-refractivity contribution is -0.145. The maximum atomic E-state index is 13.0. The van der Waals surface area contributed by atoms with E-state index in [1.165, 1.54) is 0 Å². The summed E-state index contributed by atoms with van der Waals surface area (Å²) in [5, 5.41) is 12.0. The van der Waals surface area contributed by atoms with Gasteiger partial charge in [-0.15, -0.1) is 0 Å². The second-order valence-electron chi connectivity index (χ2n) is 9.05. The summed E-state index contributed by atoms with van der Waals surface area (Å²) >= 11 is 0. The van der Waals surface area contributed by atoms with Gasteiger partial charge in [0.1, 0.15) is 19.0 Å². The number of ether oxygens (including phenoxy) is 2. The molecule has 4 rings (SSSR count). The van der Waals surface area contributed by atoms with Crippen molar-refractivity contribution in [1.29, 1.82) is 5.26 Å². The fourth-order valence-corrected chi connectivity index (χ4v) is 4.14. The van der Waals surface area contributed by atoms with Gasteiger partial charge in [-0.05, 0) is 60.9 Å². The number of esters is 1. The molecule has 0 saturated carbocycles. The van der Waals surface area contributed by atoms with Gasteiger partial charge >= 0.3 is 5.97 Å². The maximum Gasteiger partial charge on any atom is 0.308 e. The molecule has 1 heterocycles. The lowest BCUT2D eigenvalue weighted by Crippen LogP contribution is -2.41. The zero-order valence-corrected chi connectivity index (χ0v) is 21.0. The first-order valence-corrected chi connectivity index (χ1v) is 12.5. The Hall–Kier alpha value is -4.64. The summed E-state index contributed by atoms with van der Waals surface area (Å²) in [5.74, 6) is -0.479. The van der Waals surface area contributed by atoms with Crippen molar-refractivity contribution in [2.24, 2.45) is 0 Å². The lowest BCUT2D eigenvalue weighted by atomic mass is 10.1. The van der Waals surface area contributed by atoms with Gasteiger partial charge in [-0.25, -0.2) is 0 Å². The van der Waals surface area contributed by atoms with Crippen molar-refractivity contribution in [1.82, 2.24) is 10.2 Å². The van der Waals surface area contributed by atoms with Crippen molar-refractivity contribution >= 4 is 17.8 Å². The van der Waals surface area contributed by atoms with Gasteiger partial charge in [0.05, 0.1) is 24.1 Å². The van der Waals surface area contributed by atoms with Gasteiger partial charge in [-0.1, -0.05) is 36.4 Å². The average Bonchev–Trinajstić information content (AvgIpc) is 3.50. The predicted molar refractivity (Wildman–Crippen MR) is 140 cm³/mol. The minimum atomic E-state index is -0.692. The first-order chi connectivity index (χ1) is 18.5. The quantitative estimate of drug-likeness (QED) is 0.411. The van der Waals surface area contributed by atoms with Gasteiger partial charge < -0.3 is 19.7 Å². The van der Waals surface area contributed by atoms with Crippen molar-refractivity contribution in [3.63, 3.8) is 0 Å². The van der Waals surface area contributed by atoms with E-state index in [4.69, 9.17) is 14.7 Å². The Bertz CT molecular complexity index is 1300. The predicted octanol–water partition coefficient (Wildman–Crippen LogP) is 4.11. The molecule has 2 amide bonds. The Balaban J connectivity index is 1.40. The van der Waals surface area contributed by atoms with E-state index in [2.05, 4.69) is 11.4 Å². The zero-order chi connectivity index (χ0) is 26.7. The van der Waals surface area contributed by atoms with E-state index in [1.54, 1.807) is 48.5 Å². The van der Waals surface area contributed by atoms with Crippen molar-refractivity contribution in [3.8, 4) is 11.8 Å². The Morgan fingerprint density at radius 2 is 1.63 bits per heavy atom. The van der Waals surface area contributed by atoms with Crippen LogP contribution in [0.4, 0.5) is 0 Å². The summed E-state index contributed by atoms with van der Waals surface area (Å²) in [5.41, 5.74) is 2.19. The monoisotopic (exact) mass is 511 g/mol. The van der Waals surface area contributed by atoms with Crippen LogP contribution in [0.5, 0.6) is 5.75 Å². The fraction of sp³-hybridized carbons (Fsp3) is 0.267. The highest BCUT2D eigenvalue weighted by Gasteiger charge is 2.22. The molecule has 1 aliphatic heterocycles. The second kappa shape index (κ2) is 13.1. The number of rotatable bonds is 10. The lowest BCUT2D eigenvalue weighted by Gasteiger charge is -2.19. The van der Waals surface area contributed by atoms with Gasteiger partial charge in [0, 0.05) is 24.2 Å². The van der Waals surface area contributed by atoms with Gasteiger partial charge in [-0.3, -0.25) is 14.4 Å². The van der Waals surface area contributed by atoms with Crippen LogP contribution >= 0.6 is 0 Å². The van der Waals surface area contributed by atoms with Crippen LogP contribution < -0.4 is 10.1 Å². The Morgan fingerprint density at radius 1 is 0.921 bits per heavy atom. The van der Waals surface area contributed by atoms with Crippen LogP contribution in [0.2, 0.25) is 0 Å². The molecule has 3 aromatic rings. The van der Waals surface area contributed by atoms with Crippen LogP contribution in [0.3, 0.4) is 0 Å². The minimum absolute atomic E-state index is 0.00735. The first-order valence-electron chi connectivity index (χ1n) is 12.5. The third kappa shape index (κ3) is 7.43. The van der Waals surface area contributed by atoms with Gasteiger partial charge in [0.2, 0.25) is 0 Å². The van der Waals surface area contributed by atoms with Gasteiger partial charge in [0.15, 0.2) is 0 Å². The molecule has 8 heteroatoms. The van der Waals surface area contributed by atoms with E-state index in [9.17, 15) is 14.4 Å². The number of hydrogen-bond donors (Lipinski definition) is 1. The molecule has 0 aliphatic carbocycles. The summed E-state index contributed by atoms with van der Waals surface area (Å²) in [6.45, 7) is 1.62. The van der Waals surface area contributed by atoms with E-state index in [1.807, 2.05) is 35.2 Å². The van der Waals surface area contributed by atoms with Crippen LogP contribution in [-0.2, 0) is 16.1 Å². The molecule has 8 nitrogen and oxygen atoms in total. The first kappa shape index (κ1) is 26.4. The number of nitrogens with one attached hydrogen (secondary N) is 1. The molecule has 0 radical (unpaired) electrons. The van der Waals surface area contributed by atoms with Crippen LogP contribution in [-0.4, -0.2) is 48.4 Å². The molecule has 1 fully saturated rings. The van der Waals surface area contributed by atoms with Crippen molar-refractivity contribution in [3.05, 3.63) is 101 Å². The third-order valence-electron chi connectivity index (χ3n) is 6.19. The smallest absolute Gasteiger partial charge is 0.308 e. The summed E-state index contributed by atoms with van der Waals surface area (Å²) in [6.07, 6.45) is 1.90. The number of carbonyl (C=O) groups excluding carboxylic acids is 3. The van der Waals surface area contributed by atoms with Crippen molar-refractivity contribution in [2.75, 3.05) is 19.7 Å². The standard InChI is InChI=1S/C30H29N3O5/c31-19-23-9-6-10-27(17-23)37-21-26(18-28(34)38-20-22-7-2-1-3-8-22)32-29(35)24-11-13-25(14-12-24)30(36)33-15-4-5-16-33/h1-3,6-14,17,26H,4-5,15-16,18,20-21H2,(H,32,35)/t26-/m1/s1. The fourth-order valence-electron chi connectivity index (χ4n) is 4.14. The van der Waals surface area contributed by atoms with E-state index in [0.717, 1.165) is 31.5 Å². The topological polar surface area (TPSA) is 109 Å². The molecule has 38 heavy (non-hydrogen) atoms. The number of nitriles is 1. The van der Waals surface area contributed by atoms with E-state index in [-0.39, 0.29) is 25.5 Å². The second-order valence-corrected chi connectivity index (χ2v) is 9.05.